The number of anilines is 1. The van der Waals surface area contributed by atoms with E-state index in [2.05, 4.69) is 46.8 Å². The smallest absolute Gasteiger partial charge is 0.362 e. The molecular formula is C23H34N9O8S2+. The maximum absolute atomic E-state index is 13.2. The number of carboxylic acids is 1. The third-order valence-corrected chi connectivity index (χ3v) is 8.41. The summed E-state index contributed by atoms with van der Waals surface area (Å²) in [4.78, 5) is 47.8. The van der Waals surface area contributed by atoms with Crippen LogP contribution in [0, 0.1) is 0 Å². The lowest BCUT2D eigenvalue weighted by molar-refractivity contribution is -0.870. The summed E-state index contributed by atoms with van der Waals surface area (Å²) in [6.45, 7) is 0.780. The van der Waals surface area contributed by atoms with Gasteiger partial charge in [-0.2, -0.15) is 23.4 Å². The van der Waals surface area contributed by atoms with Gasteiger partial charge in [-0.25, -0.2) is 14.1 Å². The lowest BCUT2D eigenvalue weighted by Gasteiger charge is -2.43. The van der Waals surface area contributed by atoms with Gasteiger partial charge in [0.05, 0.1) is 46.1 Å². The molecule has 5 N–H and O–H groups in total. The maximum atomic E-state index is 13.2. The first-order valence-corrected chi connectivity index (χ1v) is 15.4. The van der Waals surface area contributed by atoms with E-state index in [1.54, 1.807) is 0 Å². The average Bonchev–Trinajstić information content (AvgIpc) is 3.35. The Labute approximate surface area is 245 Å². The van der Waals surface area contributed by atoms with Crippen LogP contribution in [0.4, 0.5) is 5.13 Å². The number of nitrogens with zero attached hydrogens (tertiary/aromatic N) is 7. The fourth-order valence-corrected chi connectivity index (χ4v) is 5.73. The Bertz CT molecular complexity index is 1480. The van der Waals surface area contributed by atoms with Crippen molar-refractivity contribution < 1.29 is 41.8 Å². The molecule has 2 amide bonds. The Morgan fingerprint density at radius 2 is 2.00 bits per heavy atom. The highest BCUT2D eigenvalue weighted by atomic mass is 32.2. The number of aliphatic carboxylic acids is 1. The molecule has 0 unspecified atom stereocenters. The predicted molar refractivity (Wildman–Crippen MR) is 148 cm³/mol. The van der Waals surface area contributed by atoms with Gasteiger partial charge in [-0.1, -0.05) is 5.16 Å². The van der Waals surface area contributed by atoms with Crippen LogP contribution in [0.25, 0.3) is 0 Å². The molecule has 3 heterocycles. The van der Waals surface area contributed by atoms with E-state index in [1.807, 2.05) is 0 Å². The molecule has 17 nitrogen and oxygen atoms in total. The first-order chi connectivity index (χ1) is 19.6. The average molecular weight is 629 g/mol. The summed E-state index contributed by atoms with van der Waals surface area (Å²) in [7, 11) is 1.41. The number of aromatic nitrogens is 4. The van der Waals surface area contributed by atoms with Crippen molar-refractivity contribution in [1.82, 2.24) is 29.6 Å². The number of aryl methyl sites for hydroxylation is 1. The Kier molecular flexibility index (Phi) is 8.86. The van der Waals surface area contributed by atoms with Crippen molar-refractivity contribution in [3.63, 3.8) is 0 Å². The first kappa shape index (κ1) is 31.3. The highest BCUT2D eigenvalue weighted by Gasteiger charge is 2.56. The molecule has 2 fully saturated rings. The number of nitrogens with two attached hydrogens (primary N) is 1. The fraction of sp³-hybridized carbons (Fsp3) is 0.609. The SMILES string of the molecule is C[N+](C)(C)CCCCCc1cnn(C[C@@H]2[C@H](NC(=O)/C(=N\OC3(C(=O)O)CC3)c3csc(N)n3)C(=O)N2S(=O)(=O)O)n1. The molecule has 42 heavy (non-hydrogen) atoms. The standard InChI is InChI=1S/C23H33N9O8S2/c1-32(2,3)10-6-4-5-7-14-11-25-30(28-14)12-16-18(20(34)31(16)42(37,38)39)27-19(33)17(15-13-41-22(24)26-15)29-40-23(8-9-23)21(35)36/h11,13,16,18H,4-10,12H2,1-3H3,(H4-,24,26,27,33,35,36,37,38,39)/p+1/b29-17-/t16-,18+/m1/s1. The number of quaternary nitrogens is 1. The van der Waals surface area contributed by atoms with Crippen LogP contribution in [0.5, 0.6) is 0 Å². The van der Waals surface area contributed by atoms with E-state index in [-0.39, 0.29) is 34.5 Å². The van der Waals surface area contributed by atoms with Crippen molar-refractivity contribution in [3.8, 4) is 0 Å². The molecule has 0 radical (unpaired) electrons. The number of hydrogen-bond acceptors (Lipinski definition) is 12. The number of rotatable bonds is 15. The van der Waals surface area contributed by atoms with Crippen molar-refractivity contribution in [1.29, 1.82) is 0 Å². The van der Waals surface area contributed by atoms with Gasteiger partial charge in [-0.05, 0) is 25.7 Å². The predicted octanol–water partition coefficient (Wildman–Crippen LogP) is -0.728. The topological polar surface area (TPSA) is 232 Å². The van der Waals surface area contributed by atoms with E-state index >= 15 is 0 Å². The molecular weight excluding hydrogens is 594 g/mol. The van der Waals surface area contributed by atoms with Crippen LogP contribution in [0.15, 0.2) is 16.7 Å². The second-order valence-electron chi connectivity index (χ2n) is 11.2. The molecule has 230 valence electrons. The van der Waals surface area contributed by atoms with Gasteiger partial charge in [0.25, 0.3) is 11.8 Å². The van der Waals surface area contributed by atoms with E-state index in [9.17, 15) is 32.5 Å². The van der Waals surface area contributed by atoms with Gasteiger partial charge in [-0.3, -0.25) is 14.1 Å². The minimum absolute atomic E-state index is 0.0361. The van der Waals surface area contributed by atoms with Crippen LogP contribution < -0.4 is 11.1 Å². The summed E-state index contributed by atoms with van der Waals surface area (Å²) in [5.74, 6) is -3.34. The molecule has 2 atom stereocenters. The number of nitrogen functional groups attached to an aromatic ring is 1. The number of thiazole rings is 1. The molecule has 2 aliphatic rings. The van der Waals surface area contributed by atoms with Crippen molar-refractivity contribution in [2.24, 2.45) is 5.16 Å². The largest absolute Gasteiger partial charge is 0.478 e. The van der Waals surface area contributed by atoms with Gasteiger partial charge in [0.15, 0.2) is 10.8 Å². The molecule has 1 saturated carbocycles. The van der Waals surface area contributed by atoms with Crippen molar-refractivity contribution in [2.45, 2.75) is 62.8 Å². The van der Waals surface area contributed by atoms with Gasteiger partial charge in [0.2, 0.25) is 5.60 Å². The molecule has 2 aromatic heterocycles. The molecule has 1 aliphatic heterocycles. The van der Waals surface area contributed by atoms with Crippen LogP contribution in [-0.2, 0) is 42.5 Å². The summed E-state index contributed by atoms with van der Waals surface area (Å²) in [5, 5.41) is 25.5. The third-order valence-electron chi connectivity index (χ3n) is 6.79. The number of oxime groups is 1. The number of β-lactam (4-membered cyclic amide) rings is 1. The Balaban J connectivity index is 1.46. The first-order valence-electron chi connectivity index (χ1n) is 13.1. The summed E-state index contributed by atoms with van der Waals surface area (Å²) in [6.07, 6.45) is 5.48. The molecule has 2 aromatic rings. The summed E-state index contributed by atoms with van der Waals surface area (Å²) in [6, 6.07) is -2.68. The van der Waals surface area contributed by atoms with Crippen LogP contribution in [0.1, 0.15) is 43.5 Å². The van der Waals surface area contributed by atoms with Crippen LogP contribution in [-0.4, -0.2) is 116 Å². The molecule has 0 bridgehead atoms. The number of amides is 2. The number of nitrogens with one attached hydrogen (secondary N) is 1. The van der Waals surface area contributed by atoms with E-state index in [0.29, 0.717) is 12.1 Å². The monoisotopic (exact) mass is 628 g/mol. The Morgan fingerprint density at radius 1 is 1.29 bits per heavy atom. The Hall–Kier alpha value is -3.68. The molecule has 19 heteroatoms. The number of carboxylic acid groups (broad SMARTS) is 1. The van der Waals surface area contributed by atoms with Crippen molar-refractivity contribution in [3.05, 3.63) is 23.0 Å². The van der Waals surface area contributed by atoms with E-state index < -0.39 is 51.5 Å². The second-order valence-corrected chi connectivity index (χ2v) is 13.4. The summed E-state index contributed by atoms with van der Waals surface area (Å²) < 4.78 is 34.7. The van der Waals surface area contributed by atoms with Gasteiger partial charge in [-0.15, -0.1) is 11.3 Å². The van der Waals surface area contributed by atoms with Gasteiger partial charge < -0.3 is 25.5 Å². The van der Waals surface area contributed by atoms with Crippen LogP contribution in [0.2, 0.25) is 0 Å². The lowest BCUT2D eigenvalue weighted by atomic mass is 9.98. The molecule has 0 aromatic carbocycles. The highest BCUT2D eigenvalue weighted by Crippen LogP contribution is 2.40. The van der Waals surface area contributed by atoms with E-state index in [1.165, 1.54) is 16.4 Å². The minimum atomic E-state index is -4.96. The van der Waals surface area contributed by atoms with Crippen LogP contribution >= 0.6 is 11.3 Å². The number of carbonyl (C=O) groups excluding carboxylic acids is 2. The highest BCUT2D eigenvalue weighted by molar-refractivity contribution is 7.84. The second kappa shape index (κ2) is 11.9. The number of unbranched alkanes of at least 4 members (excludes halogenated alkanes) is 2. The number of carbonyl (C=O) groups is 3. The third kappa shape index (κ3) is 7.39. The fourth-order valence-electron chi connectivity index (χ4n) is 4.31. The normalized spacial score (nSPS) is 20.2. The quantitative estimate of drug-likeness (QED) is 0.0478. The zero-order valence-electron chi connectivity index (χ0n) is 23.3. The van der Waals surface area contributed by atoms with Gasteiger partial charge in [0.1, 0.15) is 17.8 Å². The Morgan fingerprint density at radius 3 is 2.57 bits per heavy atom. The number of hydrogen-bond donors (Lipinski definition) is 4. The molecule has 1 saturated heterocycles. The summed E-state index contributed by atoms with van der Waals surface area (Å²) in [5.41, 5.74) is 4.28. The maximum Gasteiger partial charge on any atom is 0.362 e. The van der Waals surface area contributed by atoms with E-state index in [0.717, 1.165) is 41.6 Å². The minimum Gasteiger partial charge on any atom is -0.478 e. The zero-order valence-corrected chi connectivity index (χ0v) is 25.0. The lowest BCUT2D eigenvalue weighted by Crippen LogP contribution is -2.73. The summed E-state index contributed by atoms with van der Waals surface area (Å²) >= 11 is 0.988. The van der Waals surface area contributed by atoms with E-state index in [4.69, 9.17) is 10.6 Å². The van der Waals surface area contributed by atoms with Gasteiger partial charge in [0, 0.05) is 18.2 Å². The van der Waals surface area contributed by atoms with Crippen LogP contribution in [0.3, 0.4) is 0 Å². The molecule has 4 rings (SSSR count). The van der Waals surface area contributed by atoms with Gasteiger partial charge >= 0.3 is 16.3 Å². The molecule has 1 aliphatic carbocycles. The molecule has 0 spiro atoms. The zero-order chi connectivity index (χ0) is 30.9. The van der Waals surface area contributed by atoms with Crippen molar-refractivity contribution >= 4 is 50.3 Å². The van der Waals surface area contributed by atoms with Crippen molar-refractivity contribution in [2.75, 3.05) is 33.4 Å².